The lowest BCUT2D eigenvalue weighted by Crippen LogP contribution is -2.06. The van der Waals surface area contributed by atoms with Gasteiger partial charge in [-0.1, -0.05) is 30.0 Å². The standard InChI is InChI=1S/C18H17N3O2S2/c1-23-15-6-3-2-5-13(15)14(22)11-25-18-20-19-17(16-7-4-10-24-16)21(18)12-8-9-12/h2-7,10,12H,8-9,11H2,1H3. The molecule has 1 fully saturated rings. The minimum atomic E-state index is 0.0328. The number of nitrogens with zero attached hydrogens (tertiary/aromatic N) is 3. The van der Waals surface area contributed by atoms with E-state index >= 15 is 0 Å². The lowest BCUT2D eigenvalue weighted by atomic mass is 10.1. The van der Waals surface area contributed by atoms with E-state index in [1.807, 2.05) is 23.6 Å². The van der Waals surface area contributed by atoms with Gasteiger partial charge in [-0.3, -0.25) is 9.36 Å². The molecule has 0 saturated heterocycles. The van der Waals surface area contributed by atoms with Crippen molar-refractivity contribution in [2.45, 2.75) is 24.0 Å². The summed E-state index contributed by atoms with van der Waals surface area (Å²) in [5.41, 5.74) is 0.605. The summed E-state index contributed by atoms with van der Waals surface area (Å²) in [4.78, 5) is 13.7. The van der Waals surface area contributed by atoms with E-state index in [2.05, 4.69) is 20.8 Å². The Morgan fingerprint density at radius 1 is 1.28 bits per heavy atom. The third-order valence-electron chi connectivity index (χ3n) is 4.06. The topological polar surface area (TPSA) is 57.0 Å². The van der Waals surface area contributed by atoms with E-state index in [4.69, 9.17) is 4.74 Å². The Bertz CT molecular complexity index is 886. The fourth-order valence-corrected chi connectivity index (χ4v) is 4.29. The SMILES string of the molecule is COc1ccccc1C(=O)CSc1nnc(-c2cccs2)n1C1CC1. The molecular formula is C18H17N3O2S2. The Balaban J connectivity index is 1.54. The number of carbonyl (C=O) groups excluding carboxylic acids is 1. The van der Waals surface area contributed by atoms with Crippen molar-refractivity contribution in [3.05, 3.63) is 47.3 Å². The third-order valence-corrected chi connectivity index (χ3v) is 5.87. The van der Waals surface area contributed by atoms with Crippen LogP contribution >= 0.6 is 23.1 Å². The summed E-state index contributed by atoms with van der Waals surface area (Å²) in [6.45, 7) is 0. The molecule has 0 unspecified atom stereocenters. The van der Waals surface area contributed by atoms with Gasteiger partial charge >= 0.3 is 0 Å². The molecule has 2 heterocycles. The number of thiophene rings is 1. The monoisotopic (exact) mass is 371 g/mol. The van der Waals surface area contributed by atoms with Gasteiger partial charge in [-0.05, 0) is 36.4 Å². The van der Waals surface area contributed by atoms with Crippen LogP contribution in [0.1, 0.15) is 29.2 Å². The van der Waals surface area contributed by atoms with Gasteiger partial charge in [0.15, 0.2) is 16.8 Å². The van der Waals surface area contributed by atoms with Gasteiger partial charge in [0.05, 0.1) is 23.3 Å². The number of carbonyl (C=O) groups is 1. The number of Topliss-reactive ketones (excluding diaryl/α,β-unsaturated/α-hetero) is 1. The number of rotatable bonds is 7. The Kier molecular flexibility index (Phi) is 4.59. The zero-order valence-corrected chi connectivity index (χ0v) is 15.3. The van der Waals surface area contributed by atoms with Crippen LogP contribution in [0.2, 0.25) is 0 Å². The summed E-state index contributed by atoms with van der Waals surface area (Å²) in [5, 5.41) is 11.6. The normalized spacial score (nSPS) is 13.8. The van der Waals surface area contributed by atoms with Crippen LogP contribution < -0.4 is 4.74 Å². The molecule has 7 heteroatoms. The number of hydrogen-bond acceptors (Lipinski definition) is 6. The number of aromatic nitrogens is 3. The average molecular weight is 371 g/mol. The molecule has 1 saturated carbocycles. The van der Waals surface area contributed by atoms with E-state index in [1.54, 1.807) is 30.6 Å². The van der Waals surface area contributed by atoms with Gasteiger partial charge in [0.1, 0.15) is 5.75 Å². The van der Waals surface area contributed by atoms with Crippen molar-refractivity contribution in [1.82, 2.24) is 14.8 Å². The Labute approximate surface area is 154 Å². The largest absolute Gasteiger partial charge is 0.496 e. The number of methoxy groups -OCH3 is 1. The van der Waals surface area contributed by atoms with Gasteiger partial charge < -0.3 is 4.74 Å². The Morgan fingerprint density at radius 3 is 2.84 bits per heavy atom. The first-order chi connectivity index (χ1) is 12.3. The predicted octanol–water partition coefficient (Wildman–Crippen LogP) is 4.33. The highest BCUT2D eigenvalue weighted by Gasteiger charge is 2.30. The number of ether oxygens (including phenoxy) is 1. The summed E-state index contributed by atoms with van der Waals surface area (Å²) in [6, 6.07) is 11.8. The van der Waals surface area contributed by atoms with E-state index in [0.717, 1.165) is 28.7 Å². The van der Waals surface area contributed by atoms with Crippen LogP contribution in [0.4, 0.5) is 0 Å². The highest BCUT2D eigenvalue weighted by Crippen LogP contribution is 2.41. The van der Waals surface area contributed by atoms with Crippen molar-refractivity contribution in [3.63, 3.8) is 0 Å². The van der Waals surface area contributed by atoms with E-state index < -0.39 is 0 Å². The molecule has 0 radical (unpaired) electrons. The average Bonchev–Trinajstić information content (AvgIpc) is 3.17. The number of thioether (sulfide) groups is 1. The van der Waals surface area contributed by atoms with Crippen LogP contribution in [-0.2, 0) is 0 Å². The summed E-state index contributed by atoms with van der Waals surface area (Å²) >= 11 is 3.10. The lowest BCUT2D eigenvalue weighted by molar-refractivity contribution is 0.101. The van der Waals surface area contributed by atoms with Gasteiger partial charge in [0, 0.05) is 6.04 Å². The van der Waals surface area contributed by atoms with Crippen molar-refractivity contribution < 1.29 is 9.53 Å². The molecule has 4 rings (SSSR count). The summed E-state index contributed by atoms with van der Waals surface area (Å²) in [5.74, 6) is 1.86. The molecule has 5 nitrogen and oxygen atoms in total. The van der Waals surface area contributed by atoms with Crippen molar-refractivity contribution in [1.29, 1.82) is 0 Å². The van der Waals surface area contributed by atoms with Crippen LogP contribution in [0.5, 0.6) is 5.75 Å². The van der Waals surface area contributed by atoms with Gasteiger partial charge in [0.25, 0.3) is 0 Å². The van der Waals surface area contributed by atoms with Crippen LogP contribution in [0.15, 0.2) is 46.9 Å². The Morgan fingerprint density at radius 2 is 2.12 bits per heavy atom. The van der Waals surface area contributed by atoms with Crippen LogP contribution in [0, 0.1) is 0 Å². The van der Waals surface area contributed by atoms with Gasteiger partial charge in [-0.2, -0.15) is 0 Å². The van der Waals surface area contributed by atoms with Gasteiger partial charge in [-0.15, -0.1) is 21.5 Å². The minimum absolute atomic E-state index is 0.0328. The quantitative estimate of drug-likeness (QED) is 0.457. The number of ketones is 1. The van der Waals surface area contributed by atoms with E-state index in [-0.39, 0.29) is 5.78 Å². The van der Waals surface area contributed by atoms with E-state index in [0.29, 0.717) is 23.1 Å². The molecule has 3 aromatic rings. The van der Waals surface area contributed by atoms with Crippen LogP contribution in [0.3, 0.4) is 0 Å². The van der Waals surface area contributed by atoms with Crippen LogP contribution in [0.25, 0.3) is 10.7 Å². The van der Waals surface area contributed by atoms with Crippen LogP contribution in [-0.4, -0.2) is 33.4 Å². The smallest absolute Gasteiger partial charge is 0.192 e. The molecule has 0 N–H and O–H groups in total. The van der Waals surface area contributed by atoms with E-state index in [9.17, 15) is 4.79 Å². The van der Waals surface area contributed by atoms with E-state index in [1.165, 1.54) is 11.8 Å². The minimum Gasteiger partial charge on any atom is -0.496 e. The van der Waals surface area contributed by atoms with Crippen molar-refractivity contribution >= 4 is 28.9 Å². The number of hydrogen-bond donors (Lipinski definition) is 0. The van der Waals surface area contributed by atoms with Crippen molar-refractivity contribution in [2.24, 2.45) is 0 Å². The second-order valence-corrected chi connectivity index (χ2v) is 7.69. The highest BCUT2D eigenvalue weighted by atomic mass is 32.2. The molecule has 0 aliphatic heterocycles. The summed E-state index contributed by atoms with van der Waals surface area (Å²) in [7, 11) is 1.58. The maximum Gasteiger partial charge on any atom is 0.192 e. The molecular weight excluding hydrogens is 354 g/mol. The molecule has 0 amide bonds. The second-order valence-electron chi connectivity index (χ2n) is 5.80. The molecule has 2 aromatic heterocycles. The molecule has 0 atom stereocenters. The maximum absolute atomic E-state index is 12.6. The Hall–Kier alpha value is -2.12. The molecule has 1 aromatic carbocycles. The zero-order valence-electron chi connectivity index (χ0n) is 13.7. The first kappa shape index (κ1) is 16.4. The second kappa shape index (κ2) is 7.01. The third kappa shape index (κ3) is 3.34. The molecule has 1 aliphatic rings. The van der Waals surface area contributed by atoms with Gasteiger partial charge in [0.2, 0.25) is 0 Å². The zero-order chi connectivity index (χ0) is 17.2. The fraction of sp³-hybridized carbons (Fsp3) is 0.278. The lowest BCUT2D eigenvalue weighted by Gasteiger charge is -2.09. The summed E-state index contributed by atoms with van der Waals surface area (Å²) in [6.07, 6.45) is 2.29. The number of para-hydroxylation sites is 1. The first-order valence-corrected chi connectivity index (χ1v) is 9.92. The highest BCUT2D eigenvalue weighted by molar-refractivity contribution is 7.99. The van der Waals surface area contributed by atoms with Gasteiger partial charge in [-0.25, -0.2) is 0 Å². The fourth-order valence-electron chi connectivity index (χ4n) is 2.69. The number of benzene rings is 1. The molecule has 25 heavy (non-hydrogen) atoms. The molecule has 1 aliphatic carbocycles. The van der Waals surface area contributed by atoms with Crippen molar-refractivity contribution in [2.75, 3.05) is 12.9 Å². The molecule has 0 spiro atoms. The van der Waals surface area contributed by atoms with Crippen molar-refractivity contribution in [3.8, 4) is 16.5 Å². The maximum atomic E-state index is 12.6. The molecule has 128 valence electrons. The first-order valence-electron chi connectivity index (χ1n) is 8.05. The summed E-state index contributed by atoms with van der Waals surface area (Å²) < 4.78 is 7.47. The molecule has 0 bridgehead atoms. The predicted molar refractivity (Wildman–Crippen MR) is 99.7 cm³/mol.